The summed E-state index contributed by atoms with van der Waals surface area (Å²) in [6.45, 7) is 0.265. The number of hydrogen-bond acceptors (Lipinski definition) is 3. The van der Waals surface area contributed by atoms with E-state index >= 15 is 0 Å². The molecule has 144 valence electrons. The maximum absolute atomic E-state index is 13.2. The molecule has 1 aliphatic rings. The van der Waals surface area contributed by atoms with Crippen LogP contribution < -0.4 is 5.32 Å². The van der Waals surface area contributed by atoms with Crippen LogP contribution in [0.25, 0.3) is 21.5 Å². The minimum absolute atomic E-state index is 0.263. The van der Waals surface area contributed by atoms with E-state index < -0.39 is 11.6 Å². The SMILES string of the molecule is COCC(c1ccccc1)C1(O)NC(=O)c2c1c1ccccc1c1ccccc21. The first-order valence-corrected chi connectivity index (χ1v) is 9.68. The van der Waals surface area contributed by atoms with Gasteiger partial charge in [0.15, 0.2) is 5.72 Å². The quantitative estimate of drug-likeness (QED) is 0.516. The Kier molecular flexibility index (Phi) is 4.12. The van der Waals surface area contributed by atoms with Gasteiger partial charge in [-0.3, -0.25) is 4.79 Å². The monoisotopic (exact) mass is 383 g/mol. The zero-order valence-electron chi connectivity index (χ0n) is 16.1. The van der Waals surface area contributed by atoms with Crippen molar-refractivity contribution in [2.45, 2.75) is 11.6 Å². The van der Waals surface area contributed by atoms with Crippen LogP contribution in [0, 0.1) is 0 Å². The Balaban J connectivity index is 1.88. The standard InChI is InChI=1S/C25H21NO3/c1-29-15-21(16-9-3-2-4-10-16)25(28)23-20-14-8-6-12-18(20)17-11-5-7-13-19(17)22(23)24(27)26-25/h2-14,21,28H,15H2,1H3,(H,26,27). The third-order valence-electron chi connectivity index (χ3n) is 5.88. The Morgan fingerprint density at radius 1 is 0.862 bits per heavy atom. The zero-order valence-corrected chi connectivity index (χ0v) is 16.1. The van der Waals surface area contributed by atoms with E-state index in [0.717, 1.165) is 27.1 Å². The highest BCUT2D eigenvalue weighted by atomic mass is 16.5. The predicted octanol–water partition coefficient (Wildman–Crippen LogP) is 4.31. The molecule has 1 heterocycles. The number of fused-ring (bicyclic) bond motifs is 6. The van der Waals surface area contributed by atoms with Crippen molar-refractivity contribution < 1.29 is 14.6 Å². The molecule has 4 heteroatoms. The minimum Gasteiger partial charge on any atom is -0.384 e. The second-order valence-corrected chi connectivity index (χ2v) is 7.48. The summed E-state index contributed by atoms with van der Waals surface area (Å²) in [7, 11) is 1.61. The van der Waals surface area contributed by atoms with Crippen LogP contribution in [0.3, 0.4) is 0 Å². The van der Waals surface area contributed by atoms with E-state index in [0.29, 0.717) is 11.1 Å². The third kappa shape index (κ3) is 2.57. The van der Waals surface area contributed by atoms with Gasteiger partial charge in [-0.15, -0.1) is 0 Å². The molecular weight excluding hydrogens is 362 g/mol. The first kappa shape index (κ1) is 17.9. The fourth-order valence-electron chi connectivity index (χ4n) is 4.64. The summed E-state index contributed by atoms with van der Waals surface area (Å²) in [5.41, 5.74) is 0.497. The van der Waals surface area contributed by atoms with Crippen molar-refractivity contribution in [2.75, 3.05) is 13.7 Å². The van der Waals surface area contributed by atoms with Gasteiger partial charge < -0.3 is 15.2 Å². The number of nitrogens with one attached hydrogen (secondary N) is 1. The van der Waals surface area contributed by atoms with E-state index in [1.807, 2.05) is 78.9 Å². The molecule has 1 aliphatic heterocycles. The molecule has 4 aromatic carbocycles. The molecule has 2 unspecified atom stereocenters. The van der Waals surface area contributed by atoms with E-state index in [9.17, 15) is 9.90 Å². The maximum atomic E-state index is 13.2. The van der Waals surface area contributed by atoms with Crippen LogP contribution in [0.15, 0.2) is 78.9 Å². The molecule has 2 N–H and O–H groups in total. The van der Waals surface area contributed by atoms with Gasteiger partial charge in [-0.1, -0.05) is 78.9 Å². The number of rotatable bonds is 4. The summed E-state index contributed by atoms with van der Waals surface area (Å²) in [4.78, 5) is 13.2. The number of benzene rings is 4. The molecule has 4 nitrogen and oxygen atoms in total. The Bertz CT molecular complexity index is 1230. The summed E-state index contributed by atoms with van der Waals surface area (Å²) in [5.74, 6) is -0.718. The van der Waals surface area contributed by atoms with E-state index in [4.69, 9.17) is 4.74 Å². The number of amides is 1. The molecule has 0 saturated heterocycles. The van der Waals surface area contributed by atoms with Crippen LogP contribution >= 0.6 is 0 Å². The van der Waals surface area contributed by atoms with Crippen molar-refractivity contribution in [2.24, 2.45) is 0 Å². The number of carbonyl (C=O) groups excluding carboxylic acids is 1. The topological polar surface area (TPSA) is 58.6 Å². The van der Waals surface area contributed by atoms with Gasteiger partial charge in [0.05, 0.1) is 18.1 Å². The average molecular weight is 383 g/mol. The van der Waals surface area contributed by atoms with Crippen molar-refractivity contribution in [1.82, 2.24) is 5.32 Å². The van der Waals surface area contributed by atoms with Crippen molar-refractivity contribution in [3.8, 4) is 0 Å². The lowest BCUT2D eigenvalue weighted by molar-refractivity contribution is -0.0334. The fourth-order valence-corrected chi connectivity index (χ4v) is 4.64. The lowest BCUT2D eigenvalue weighted by atomic mass is 9.81. The van der Waals surface area contributed by atoms with Crippen LogP contribution in [0.2, 0.25) is 0 Å². The van der Waals surface area contributed by atoms with Gasteiger partial charge in [0, 0.05) is 12.7 Å². The number of ether oxygens (including phenoxy) is 1. The van der Waals surface area contributed by atoms with E-state index in [-0.39, 0.29) is 12.5 Å². The molecule has 4 aromatic rings. The lowest BCUT2D eigenvalue weighted by Crippen LogP contribution is -2.46. The molecular formula is C25H21NO3. The number of carbonyl (C=O) groups is 1. The Morgan fingerprint density at radius 2 is 1.41 bits per heavy atom. The number of hydrogen-bond donors (Lipinski definition) is 2. The van der Waals surface area contributed by atoms with Gasteiger partial charge in [0.25, 0.3) is 5.91 Å². The molecule has 0 bridgehead atoms. The lowest BCUT2D eigenvalue weighted by Gasteiger charge is -2.34. The highest BCUT2D eigenvalue weighted by Gasteiger charge is 2.49. The Hall–Kier alpha value is -3.21. The van der Waals surface area contributed by atoms with Crippen LogP contribution in [0.4, 0.5) is 0 Å². The van der Waals surface area contributed by atoms with Gasteiger partial charge >= 0.3 is 0 Å². The molecule has 2 atom stereocenters. The Morgan fingerprint density at radius 3 is 2.07 bits per heavy atom. The molecule has 5 rings (SSSR count). The van der Waals surface area contributed by atoms with E-state index in [1.165, 1.54) is 0 Å². The maximum Gasteiger partial charge on any atom is 0.254 e. The minimum atomic E-state index is -1.58. The van der Waals surface area contributed by atoms with Crippen molar-refractivity contribution >= 4 is 27.5 Å². The fraction of sp³-hybridized carbons (Fsp3) is 0.160. The molecule has 0 aliphatic carbocycles. The first-order valence-electron chi connectivity index (χ1n) is 9.68. The molecule has 0 saturated carbocycles. The third-order valence-corrected chi connectivity index (χ3v) is 5.88. The van der Waals surface area contributed by atoms with Crippen LogP contribution in [-0.4, -0.2) is 24.7 Å². The zero-order chi connectivity index (χ0) is 20.0. The van der Waals surface area contributed by atoms with Gasteiger partial charge in [-0.05, 0) is 27.1 Å². The largest absolute Gasteiger partial charge is 0.384 e. The summed E-state index contributed by atoms with van der Waals surface area (Å²) in [5, 5.41) is 18.6. The normalized spacial score (nSPS) is 19.3. The average Bonchev–Trinajstić information content (AvgIpc) is 3.04. The smallest absolute Gasteiger partial charge is 0.254 e. The molecule has 0 aromatic heterocycles. The van der Waals surface area contributed by atoms with Crippen molar-refractivity contribution in [3.63, 3.8) is 0 Å². The van der Waals surface area contributed by atoms with Crippen LogP contribution in [0.1, 0.15) is 27.4 Å². The molecule has 0 radical (unpaired) electrons. The van der Waals surface area contributed by atoms with Gasteiger partial charge in [-0.2, -0.15) is 0 Å². The van der Waals surface area contributed by atoms with E-state index in [2.05, 4.69) is 5.32 Å². The molecule has 0 spiro atoms. The van der Waals surface area contributed by atoms with Crippen molar-refractivity contribution in [1.29, 1.82) is 0 Å². The molecule has 0 fully saturated rings. The predicted molar refractivity (Wildman–Crippen MR) is 114 cm³/mol. The van der Waals surface area contributed by atoms with Gasteiger partial charge in [0.1, 0.15) is 0 Å². The van der Waals surface area contributed by atoms with Crippen LogP contribution in [-0.2, 0) is 10.5 Å². The second-order valence-electron chi connectivity index (χ2n) is 7.48. The number of methoxy groups -OCH3 is 1. The Labute approximate surface area is 168 Å². The summed E-state index contributed by atoms with van der Waals surface area (Å²) in [6, 6.07) is 25.5. The first-order chi connectivity index (χ1) is 14.1. The van der Waals surface area contributed by atoms with Gasteiger partial charge in [0.2, 0.25) is 0 Å². The van der Waals surface area contributed by atoms with Crippen LogP contribution in [0.5, 0.6) is 0 Å². The second kappa shape index (κ2) is 6.69. The van der Waals surface area contributed by atoms with Gasteiger partial charge in [-0.25, -0.2) is 0 Å². The highest BCUT2D eigenvalue weighted by Crippen LogP contribution is 2.47. The summed E-state index contributed by atoms with van der Waals surface area (Å²) in [6.07, 6.45) is 0. The summed E-state index contributed by atoms with van der Waals surface area (Å²) >= 11 is 0. The number of aliphatic hydroxyl groups is 1. The summed E-state index contributed by atoms with van der Waals surface area (Å²) < 4.78 is 5.47. The van der Waals surface area contributed by atoms with E-state index in [1.54, 1.807) is 7.11 Å². The molecule has 1 amide bonds. The molecule has 29 heavy (non-hydrogen) atoms. The highest BCUT2D eigenvalue weighted by molar-refractivity contribution is 6.21. The van der Waals surface area contributed by atoms with Crippen molar-refractivity contribution in [3.05, 3.63) is 95.6 Å².